The smallest absolute Gasteiger partial charge is 0.285 e. The first-order chi connectivity index (χ1) is 10.5. The van der Waals surface area contributed by atoms with E-state index in [1.54, 1.807) is 11.0 Å². The van der Waals surface area contributed by atoms with Gasteiger partial charge in [-0.05, 0) is 29.7 Å². The highest BCUT2D eigenvalue weighted by Crippen LogP contribution is 2.34. The Labute approximate surface area is 126 Å². The predicted octanol–water partition coefficient (Wildman–Crippen LogP) is 1.83. The number of carbonyl (C=O) groups excluding carboxylic acids is 2. The van der Waals surface area contributed by atoms with Crippen molar-refractivity contribution in [3.05, 3.63) is 41.3 Å². The van der Waals surface area contributed by atoms with Gasteiger partial charge in [0, 0.05) is 24.7 Å². The molecule has 2 N–H and O–H groups in total. The zero-order chi connectivity index (χ0) is 15.9. The summed E-state index contributed by atoms with van der Waals surface area (Å²) in [6, 6.07) is 7.52. The van der Waals surface area contributed by atoms with Crippen LogP contribution in [0.1, 0.15) is 28.6 Å². The number of nitrogens with two attached hydrogens (primary N) is 1. The van der Waals surface area contributed by atoms with Crippen molar-refractivity contribution >= 4 is 17.5 Å². The number of carbonyl (C=O) groups is 2. The monoisotopic (exact) mass is 295 g/mol. The van der Waals surface area contributed by atoms with E-state index in [4.69, 9.17) is 10.2 Å². The maximum Gasteiger partial charge on any atom is 0.285 e. The summed E-state index contributed by atoms with van der Waals surface area (Å²) in [5.74, 6) is -0.904. The zero-order valence-electron chi connectivity index (χ0n) is 11.9. The Kier molecular flexibility index (Phi) is 3.18. The molecule has 0 bridgehead atoms. The Morgan fingerprint density at radius 1 is 1.41 bits per heavy atom. The van der Waals surface area contributed by atoms with E-state index >= 15 is 0 Å². The number of benzene rings is 1. The second-order valence-corrected chi connectivity index (χ2v) is 5.09. The van der Waals surface area contributed by atoms with Gasteiger partial charge >= 0.3 is 0 Å². The quantitative estimate of drug-likeness (QED) is 0.913. The molecule has 1 aromatic carbocycles. The molecule has 22 heavy (non-hydrogen) atoms. The molecule has 1 aliphatic heterocycles. The molecule has 110 valence electrons. The third kappa shape index (κ3) is 2.04. The second kappa shape index (κ2) is 5.04. The lowest BCUT2D eigenvalue weighted by Crippen LogP contribution is -2.25. The number of hydrogen-bond donors (Lipinski definition) is 1. The standard InChI is InChI=1S/C16H13N3O3/c1-9(20)19-5-4-11-6-10(2-3-14(11)19)13-8-22-15(16(18)21)12(13)7-17/h2-3,6,8H,4-5H2,1H3,(H2,18,21). The van der Waals surface area contributed by atoms with E-state index in [1.165, 1.54) is 13.2 Å². The Hall–Kier alpha value is -3.07. The summed E-state index contributed by atoms with van der Waals surface area (Å²) in [6.45, 7) is 2.18. The van der Waals surface area contributed by atoms with Crippen LogP contribution in [0.3, 0.4) is 0 Å². The number of anilines is 1. The predicted molar refractivity (Wildman–Crippen MR) is 79.1 cm³/mol. The number of nitrogens with zero attached hydrogens (tertiary/aromatic N) is 2. The molecule has 2 aromatic rings. The fourth-order valence-corrected chi connectivity index (χ4v) is 2.76. The SMILES string of the molecule is CC(=O)N1CCc2cc(-c3coc(C(N)=O)c3C#N)ccc21. The lowest BCUT2D eigenvalue weighted by atomic mass is 10.00. The molecular formula is C16H13N3O3. The van der Waals surface area contributed by atoms with Crippen molar-refractivity contribution in [2.75, 3.05) is 11.4 Å². The van der Waals surface area contributed by atoms with Crippen LogP contribution in [0.5, 0.6) is 0 Å². The van der Waals surface area contributed by atoms with Gasteiger partial charge in [0.2, 0.25) is 11.7 Å². The lowest BCUT2D eigenvalue weighted by Gasteiger charge is -2.14. The first-order valence-corrected chi connectivity index (χ1v) is 6.75. The van der Waals surface area contributed by atoms with Crippen LogP contribution in [0.4, 0.5) is 5.69 Å². The van der Waals surface area contributed by atoms with Crippen LogP contribution in [-0.2, 0) is 11.2 Å². The largest absolute Gasteiger partial charge is 0.457 e. The summed E-state index contributed by atoms with van der Waals surface area (Å²) >= 11 is 0. The molecule has 1 aromatic heterocycles. The van der Waals surface area contributed by atoms with Crippen molar-refractivity contribution in [3.8, 4) is 17.2 Å². The number of nitriles is 1. The molecule has 0 saturated heterocycles. The van der Waals surface area contributed by atoms with E-state index in [0.717, 1.165) is 23.2 Å². The number of primary amides is 1. The van der Waals surface area contributed by atoms with Gasteiger partial charge in [0.25, 0.3) is 5.91 Å². The molecule has 2 amide bonds. The molecule has 0 spiro atoms. The summed E-state index contributed by atoms with van der Waals surface area (Å²) in [7, 11) is 0. The van der Waals surface area contributed by atoms with Gasteiger partial charge in [-0.1, -0.05) is 6.07 Å². The van der Waals surface area contributed by atoms with Crippen LogP contribution < -0.4 is 10.6 Å². The summed E-state index contributed by atoms with van der Waals surface area (Å²) in [5.41, 5.74) is 8.53. The van der Waals surface area contributed by atoms with Gasteiger partial charge in [0.15, 0.2) is 0 Å². The minimum absolute atomic E-state index is 0.00328. The van der Waals surface area contributed by atoms with Gasteiger partial charge in [0.05, 0.1) is 0 Å². The molecule has 6 heteroatoms. The van der Waals surface area contributed by atoms with Crippen molar-refractivity contribution in [2.24, 2.45) is 5.73 Å². The van der Waals surface area contributed by atoms with Crippen LogP contribution in [0.2, 0.25) is 0 Å². The minimum Gasteiger partial charge on any atom is -0.457 e. The van der Waals surface area contributed by atoms with E-state index in [0.29, 0.717) is 12.1 Å². The van der Waals surface area contributed by atoms with Gasteiger partial charge in [-0.15, -0.1) is 0 Å². The average Bonchev–Trinajstić information content (AvgIpc) is 3.09. The highest BCUT2D eigenvalue weighted by Gasteiger charge is 2.24. The topological polar surface area (TPSA) is 100 Å². The van der Waals surface area contributed by atoms with Gasteiger partial charge in [-0.2, -0.15) is 5.26 Å². The summed E-state index contributed by atoms with van der Waals surface area (Å²) in [6.07, 6.45) is 2.11. The first-order valence-electron chi connectivity index (χ1n) is 6.75. The molecule has 0 unspecified atom stereocenters. The van der Waals surface area contributed by atoms with Crippen molar-refractivity contribution < 1.29 is 14.0 Å². The zero-order valence-corrected chi connectivity index (χ0v) is 11.9. The fourth-order valence-electron chi connectivity index (χ4n) is 2.76. The summed E-state index contributed by atoms with van der Waals surface area (Å²) < 4.78 is 5.12. The number of furan rings is 1. The molecule has 0 aliphatic carbocycles. The number of amides is 2. The molecule has 6 nitrogen and oxygen atoms in total. The Morgan fingerprint density at radius 2 is 2.18 bits per heavy atom. The van der Waals surface area contributed by atoms with Crippen molar-refractivity contribution in [2.45, 2.75) is 13.3 Å². The molecule has 2 heterocycles. The molecule has 1 aliphatic rings. The molecule has 0 atom stereocenters. The molecule has 0 fully saturated rings. The maximum atomic E-state index is 11.6. The normalized spacial score (nSPS) is 12.8. The van der Waals surface area contributed by atoms with E-state index < -0.39 is 5.91 Å². The van der Waals surface area contributed by atoms with E-state index in [9.17, 15) is 14.9 Å². The summed E-state index contributed by atoms with van der Waals surface area (Å²) in [5, 5.41) is 9.24. The number of rotatable bonds is 2. The van der Waals surface area contributed by atoms with E-state index in [-0.39, 0.29) is 17.2 Å². The molecule has 3 rings (SSSR count). The maximum absolute atomic E-state index is 11.6. The number of hydrogen-bond acceptors (Lipinski definition) is 4. The van der Waals surface area contributed by atoms with Gasteiger partial charge in [-0.3, -0.25) is 9.59 Å². The second-order valence-electron chi connectivity index (χ2n) is 5.09. The fraction of sp³-hybridized carbons (Fsp3) is 0.188. The molecular weight excluding hydrogens is 282 g/mol. The highest BCUT2D eigenvalue weighted by molar-refractivity contribution is 5.96. The van der Waals surface area contributed by atoms with Crippen LogP contribution in [0, 0.1) is 11.3 Å². The molecule has 0 radical (unpaired) electrons. The van der Waals surface area contributed by atoms with Crippen molar-refractivity contribution in [1.29, 1.82) is 5.26 Å². The summed E-state index contributed by atoms with van der Waals surface area (Å²) in [4.78, 5) is 24.5. The van der Waals surface area contributed by atoms with Crippen LogP contribution >= 0.6 is 0 Å². The molecule has 0 saturated carbocycles. The van der Waals surface area contributed by atoms with Crippen LogP contribution in [0.15, 0.2) is 28.9 Å². The lowest BCUT2D eigenvalue weighted by molar-refractivity contribution is -0.116. The number of fused-ring (bicyclic) bond motifs is 1. The van der Waals surface area contributed by atoms with Gasteiger partial charge < -0.3 is 15.1 Å². The van der Waals surface area contributed by atoms with Crippen LogP contribution in [-0.4, -0.2) is 18.4 Å². The minimum atomic E-state index is -0.772. The van der Waals surface area contributed by atoms with E-state index in [1.807, 2.05) is 18.2 Å². The van der Waals surface area contributed by atoms with Crippen LogP contribution in [0.25, 0.3) is 11.1 Å². The van der Waals surface area contributed by atoms with Gasteiger partial charge in [-0.25, -0.2) is 0 Å². The third-order valence-electron chi connectivity index (χ3n) is 3.79. The third-order valence-corrected chi connectivity index (χ3v) is 3.79. The Morgan fingerprint density at radius 3 is 2.82 bits per heavy atom. The van der Waals surface area contributed by atoms with Crippen molar-refractivity contribution in [3.63, 3.8) is 0 Å². The van der Waals surface area contributed by atoms with E-state index in [2.05, 4.69) is 0 Å². The Bertz CT molecular complexity index is 830. The van der Waals surface area contributed by atoms with Gasteiger partial charge in [0.1, 0.15) is 17.9 Å². The Balaban J connectivity index is 2.07. The first kappa shape index (κ1) is 13.9. The van der Waals surface area contributed by atoms with Crippen molar-refractivity contribution in [1.82, 2.24) is 0 Å². The highest BCUT2D eigenvalue weighted by atomic mass is 16.3. The average molecular weight is 295 g/mol.